The van der Waals surface area contributed by atoms with E-state index in [0.717, 1.165) is 39.1 Å². The molecule has 19 heavy (non-hydrogen) atoms. The Morgan fingerprint density at radius 2 is 1.89 bits per heavy atom. The van der Waals surface area contributed by atoms with E-state index in [2.05, 4.69) is 46.7 Å². The Morgan fingerprint density at radius 3 is 2.58 bits per heavy atom. The second-order valence-corrected chi connectivity index (χ2v) is 5.35. The first-order chi connectivity index (χ1) is 9.20. The lowest BCUT2D eigenvalue weighted by atomic mass is 10.1. The quantitative estimate of drug-likeness (QED) is 0.607. The number of benzene rings is 1. The highest BCUT2D eigenvalue weighted by molar-refractivity contribution is 5.55. The minimum absolute atomic E-state index is 0.664. The fourth-order valence-corrected chi connectivity index (χ4v) is 2.65. The van der Waals surface area contributed by atoms with Crippen LogP contribution in [0.3, 0.4) is 0 Å². The Morgan fingerprint density at radius 1 is 1.16 bits per heavy atom. The minimum Gasteiger partial charge on any atom is -0.369 e. The number of aryl methyl sites for hydroxylation is 2. The summed E-state index contributed by atoms with van der Waals surface area (Å²) in [6, 6.07) is 6.69. The molecule has 0 bridgehead atoms. The molecule has 1 saturated heterocycles. The molecule has 0 N–H and O–H groups in total. The van der Waals surface area contributed by atoms with Gasteiger partial charge in [0, 0.05) is 44.8 Å². The third-order valence-corrected chi connectivity index (χ3v) is 3.82. The van der Waals surface area contributed by atoms with E-state index in [1.807, 2.05) is 0 Å². The average molecular weight is 257 g/mol. The molecule has 1 aliphatic rings. The van der Waals surface area contributed by atoms with E-state index in [0.29, 0.717) is 6.54 Å². The molecular weight excluding hydrogens is 234 g/mol. The molecule has 3 heteroatoms. The molecule has 0 aliphatic carbocycles. The topological polar surface area (TPSA) is 10.8 Å². The van der Waals surface area contributed by atoms with E-state index in [-0.39, 0.29) is 0 Å². The van der Waals surface area contributed by atoms with Gasteiger partial charge in [-0.2, -0.15) is 0 Å². The molecule has 1 heterocycles. The van der Waals surface area contributed by atoms with Crippen LogP contribution in [0.2, 0.25) is 0 Å². The molecule has 102 valence electrons. The van der Waals surface area contributed by atoms with Gasteiger partial charge < -0.3 is 9.74 Å². The molecular formula is C16H23N3. The zero-order chi connectivity index (χ0) is 13.7. The van der Waals surface area contributed by atoms with Gasteiger partial charge in [-0.05, 0) is 31.0 Å². The van der Waals surface area contributed by atoms with E-state index in [1.54, 1.807) is 0 Å². The maximum atomic E-state index is 6.81. The molecule has 1 aromatic rings. The second-order valence-electron chi connectivity index (χ2n) is 5.35. The van der Waals surface area contributed by atoms with Crippen molar-refractivity contribution >= 4 is 5.69 Å². The Balaban J connectivity index is 1.89. The van der Waals surface area contributed by atoms with Crippen molar-refractivity contribution < 1.29 is 0 Å². The maximum absolute atomic E-state index is 6.81. The first-order valence-corrected chi connectivity index (χ1v) is 7.08. The standard InChI is InChI=1S/C16H23N3/c1-14-5-6-15(2)16(13-14)19-11-9-18(10-12-19)8-4-7-17-3/h5-6,13H,4,7-12H2,1-2H3. The number of anilines is 1. The van der Waals surface area contributed by atoms with Crippen molar-refractivity contribution in [2.45, 2.75) is 20.3 Å². The van der Waals surface area contributed by atoms with Gasteiger partial charge in [0.05, 0.1) is 0 Å². The van der Waals surface area contributed by atoms with Crippen LogP contribution in [0.5, 0.6) is 0 Å². The smallest absolute Gasteiger partial charge is 0.215 e. The van der Waals surface area contributed by atoms with Gasteiger partial charge in [-0.1, -0.05) is 12.1 Å². The number of nitrogens with zero attached hydrogens (tertiary/aromatic N) is 3. The summed E-state index contributed by atoms with van der Waals surface area (Å²) in [6.45, 7) is 17.3. The lowest BCUT2D eigenvalue weighted by molar-refractivity contribution is 0.258. The average Bonchev–Trinajstić information content (AvgIpc) is 2.43. The van der Waals surface area contributed by atoms with Crippen molar-refractivity contribution in [2.75, 3.05) is 44.2 Å². The van der Waals surface area contributed by atoms with Crippen LogP contribution in [0.4, 0.5) is 5.69 Å². The van der Waals surface area contributed by atoms with Crippen LogP contribution >= 0.6 is 0 Å². The maximum Gasteiger partial charge on any atom is 0.215 e. The van der Waals surface area contributed by atoms with E-state index in [4.69, 9.17) is 6.57 Å². The highest BCUT2D eigenvalue weighted by atomic mass is 15.3. The molecule has 0 saturated carbocycles. The highest BCUT2D eigenvalue weighted by Gasteiger charge is 2.18. The van der Waals surface area contributed by atoms with Crippen molar-refractivity contribution in [1.29, 1.82) is 0 Å². The van der Waals surface area contributed by atoms with Crippen LogP contribution in [-0.2, 0) is 0 Å². The van der Waals surface area contributed by atoms with Crippen LogP contribution in [-0.4, -0.2) is 44.2 Å². The third kappa shape index (κ3) is 3.71. The molecule has 3 nitrogen and oxygen atoms in total. The van der Waals surface area contributed by atoms with Crippen LogP contribution in [0.25, 0.3) is 4.85 Å². The predicted octanol–water partition coefficient (Wildman–Crippen LogP) is 2.73. The summed E-state index contributed by atoms with van der Waals surface area (Å²) in [7, 11) is 0. The van der Waals surface area contributed by atoms with Gasteiger partial charge in [0.15, 0.2) is 0 Å². The summed E-state index contributed by atoms with van der Waals surface area (Å²) < 4.78 is 0. The van der Waals surface area contributed by atoms with Gasteiger partial charge >= 0.3 is 0 Å². The zero-order valence-electron chi connectivity index (χ0n) is 12.0. The summed E-state index contributed by atoms with van der Waals surface area (Å²) in [5, 5.41) is 0. The molecule has 0 radical (unpaired) electrons. The van der Waals surface area contributed by atoms with Gasteiger partial charge in [-0.15, -0.1) is 0 Å². The van der Waals surface area contributed by atoms with Gasteiger partial charge in [0.25, 0.3) is 0 Å². The molecule has 1 aliphatic heterocycles. The molecule has 0 amide bonds. The number of rotatable bonds is 4. The fraction of sp³-hybridized carbons (Fsp3) is 0.562. The minimum atomic E-state index is 0.664. The summed E-state index contributed by atoms with van der Waals surface area (Å²) in [4.78, 5) is 8.39. The molecule has 1 aromatic carbocycles. The second kappa shape index (κ2) is 6.58. The van der Waals surface area contributed by atoms with E-state index in [9.17, 15) is 0 Å². The first-order valence-electron chi connectivity index (χ1n) is 7.08. The normalized spacial score (nSPS) is 16.4. The van der Waals surface area contributed by atoms with Gasteiger partial charge in [0.1, 0.15) is 0 Å². The Hall–Kier alpha value is -1.53. The molecule has 0 atom stereocenters. The number of hydrogen-bond donors (Lipinski definition) is 0. The van der Waals surface area contributed by atoms with Crippen molar-refractivity contribution in [3.8, 4) is 0 Å². The lowest BCUT2D eigenvalue weighted by Crippen LogP contribution is -2.46. The van der Waals surface area contributed by atoms with Gasteiger partial charge in [-0.25, -0.2) is 6.57 Å². The molecule has 0 spiro atoms. The summed E-state index contributed by atoms with van der Waals surface area (Å²) >= 11 is 0. The SMILES string of the molecule is [C-]#[N+]CCCN1CCN(c2cc(C)ccc2C)CC1. The largest absolute Gasteiger partial charge is 0.369 e. The Kier molecular flexibility index (Phi) is 4.81. The lowest BCUT2D eigenvalue weighted by Gasteiger charge is -2.36. The summed E-state index contributed by atoms with van der Waals surface area (Å²) in [6.07, 6.45) is 1.01. The predicted molar refractivity (Wildman–Crippen MR) is 80.7 cm³/mol. The van der Waals surface area contributed by atoms with Crippen LogP contribution in [0.1, 0.15) is 17.5 Å². The number of piperazine rings is 1. The van der Waals surface area contributed by atoms with E-state index in [1.165, 1.54) is 16.8 Å². The molecule has 1 fully saturated rings. The molecule has 2 rings (SSSR count). The number of hydrogen-bond acceptors (Lipinski definition) is 2. The molecule has 0 aromatic heterocycles. The van der Waals surface area contributed by atoms with Crippen molar-refractivity contribution in [1.82, 2.24) is 4.90 Å². The summed E-state index contributed by atoms with van der Waals surface area (Å²) in [5.74, 6) is 0. The Labute approximate surface area is 116 Å². The van der Waals surface area contributed by atoms with Crippen LogP contribution < -0.4 is 4.90 Å². The van der Waals surface area contributed by atoms with E-state index < -0.39 is 0 Å². The van der Waals surface area contributed by atoms with Gasteiger partial charge in [0.2, 0.25) is 6.54 Å². The van der Waals surface area contributed by atoms with Gasteiger partial charge in [-0.3, -0.25) is 4.90 Å². The fourth-order valence-electron chi connectivity index (χ4n) is 2.65. The van der Waals surface area contributed by atoms with Crippen LogP contribution in [0, 0.1) is 20.4 Å². The monoisotopic (exact) mass is 257 g/mol. The van der Waals surface area contributed by atoms with Crippen LogP contribution in [0.15, 0.2) is 18.2 Å². The zero-order valence-corrected chi connectivity index (χ0v) is 12.0. The van der Waals surface area contributed by atoms with Crippen molar-refractivity contribution in [3.63, 3.8) is 0 Å². The summed E-state index contributed by atoms with van der Waals surface area (Å²) in [5.41, 5.74) is 4.09. The Bertz CT molecular complexity index is 454. The highest BCUT2D eigenvalue weighted by Crippen LogP contribution is 2.22. The molecule has 0 unspecified atom stereocenters. The third-order valence-electron chi connectivity index (χ3n) is 3.82. The van der Waals surface area contributed by atoms with Crippen molar-refractivity contribution in [3.05, 3.63) is 40.7 Å². The van der Waals surface area contributed by atoms with Crippen molar-refractivity contribution in [2.24, 2.45) is 0 Å². The first kappa shape index (κ1) is 13.9. The van der Waals surface area contributed by atoms with E-state index >= 15 is 0 Å².